The highest BCUT2D eigenvalue weighted by Crippen LogP contribution is 2.31. The number of ether oxygens (including phenoxy) is 1. The predicted octanol–water partition coefficient (Wildman–Crippen LogP) is 0.989. The first kappa shape index (κ1) is 9.99. The normalized spacial score (nSPS) is 33.1. The smallest absolute Gasteiger partial charge is 0.155 e. The maximum absolute atomic E-state index is 11.5. The van der Waals surface area contributed by atoms with Gasteiger partial charge in [0.15, 0.2) is 9.84 Å². The highest BCUT2D eigenvalue weighted by atomic mass is 32.2. The fourth-order valence-corrected chi connectivity index (χ4v) is 3.11. The lowest BCUT2D eigenvalue weighted by Crippen LogP contribution is -2.43. The number of sulfone groups is 1. The molecule has 0 bridgehead atoms. The fraction of sp³-hybridized carbons (Fsp3) is 1.00. The zero-order valence-electron chi connectivity index (χ0n) is 7.83. The van der Waals surface area contributed by atoms with Gasteiger partial charge in [-0.3, -0.25) is 0 Å². The Bertz CT molecular complexity index is 253. The van der Waals surface area contributed by atoms with Gasteiger partial charge in [-0.25, -0.2) is 8.42 Å². The second kappa shape index (κ2) is 3.00. The summed E-state index contributed by atoms with van der Waals surface area (Å²) in [6.45, 7) is 3.54. The van der Waals surface area contributed by atoms with Crippen molar-refractivity contribution in [2.24, 2.45) is 0 Å². The van der Waals surface area contributed by atoms with E-state index in [0.717, 1.165) is 0 Å². The summed E-state index contributed by atoms with van der Waals surface area (Å²) in [6.07, 6.45) is 1.37. The molecule has 1 atom stereocenters. The summed E-state index contributed by atoms with van der Waals surface area (Å²) in [6, 6.07) is 0. The van der Waals surface area contributed by atoms with Crippen LogP contribution in [0.3, 0.4) is 0 Å². The van der Waals surface area contributed by atoms with E-state index in [9.17, 15) is 8.42 Å². The Kier molecular flexibility index (Phi) is 2.50. The Morgan fingerprint density at radius 3 is 2.42 bits per heavy atom. The van der Waals surface area contributed by atoms with Crippen LogP contribution >= 0.6 is 0 Å². The molecule has 0 amide bonds. The van der Waals surface area contributed by atoms with Crippen LogP contribution in [0.1, 0.15) is 26.7 Å². The van der Waals surface area contributed by atoms with E-state index in [1.807, 2.05) is 0 Å². The first-order chi connectivity index (χ1) is 5.39. The highest BCUT2D eigenvalue weighted by Gasteiger charge is 2.40. The molecule has 0 saturated carbocycles. The van der Waals surface area contributed by atoms with Crippen molar-refractivity contribution in [1.82, 2.24) is 0 Å². The van der Waals surface area contributed by atoms with Gasteiger partial charge < -0.3 is 4.74 Å². The van der Waals surface area contributed by atoms with Crippen LogP contribution in [0.5, 0.6) is 0 Å². The predicted molar refractivity (Wildman–Crippen MR) is 47.9 cm³/mol. The van der Waals surface area contributed by atoms with Gasteiger partial charge in [-0.05, 0) is 26.7 Å². The molecule has 0 aromatic carbocycles. The van der Waals surface area contributed by atoms with Gasteiger partial charge in [-0.2, -0.15) is 0 Å². The summed E-state index contributed by atoms with van der Waals surface area (Å²) in [5.74, 6) is 0.262. The van der Waals surface area contributed by atoms with Crippen molar-refractivity contribution in [2.45, 2.75) is 37.5 Å². The Labute approximate surface area is 74.0 Å². The quantitative estimate of drug-likeness (QED) is 0.622. The van der Waals surface area contributed by atoms with Crippen LogP contribution in [0.15, 0.2) is 0 Å². The SMILES string of the molecule is COC1CCS(=O)(=O)C(C)(C)C1. The largest absolute Gasteiger partial charge is 0.381 e. The molecule has 3 nitrogen and oxygen atoms in total. The van der Waals surface area contributed by atoms with Crippen LogP contribution in [0.25, 0.3) is 0 Å². The maximum atomic E-state index is 11.5. The number of hydrogen-bond donors (Lipinski definition) is 0. The highest BCUT2D eigenvalue weighted by molar-refractivity contribution is 7.92. The summed E-state index contributed by atoms with van der Waals surface area (Å²) in [4.78, 5) is 0. The third kappa shape index (κ3) is 1.64. The van der Waals surface area contributed by atoms with E-state index in [1.54, 1.807) is 21.0 Å². The molecule has 0 radical (unpaired) electrons. The Balaban J connectivity index is 2.82. The van der Waals surface area contributed by atoms with E-state index in [4.69, 9.17) is 4.74 Å². The molecule has 0 aliphatic carbocycles. The van der Waals surface area contributed by atoms with Crippen molar-refractivity contribution in [3.8, 4) is 0 Å². The standard InChI is InChI=1S/C8H16O3S/c1-8(2)6-7(11-3)4-5-12(8,9)10/h7H,4-6H2,1-3H3. The third-order valence-electron chi connectivity index (χ3n) is 2.60. The molecule has 1 unspecified atom stereocenters. The Morgan fingerprint density at radius 1 is 1.42 bits per heavy atom. The first-order valence-electron chi connectivity index (χ1n) is 4.14. The van der Waals surface area contributed by atoms with E-state index in [2.05, 4.69) is 0 Å². The average molecular weight is 192 g/mol. The molecule has 1 rings (SSSR count). The van der Waals surface area contributed by atoms with Gasteiger partial charge in [0.2, 0.25) is 0 Å². The summed E-state index contributed by atoms with van der Waals surface area (Å²) in [5, 5.41) is 0. The van der Waals surface area contributed by atoms with Crippen LogP contribution < -0.4 is 0 Å². The molecule has 0 aromatic heterocycles. The first-order valence-corrected chi connectivity index (χ1v) is 5.79. The molecular weight excluding hydrogens is 176 g/mol. The molecule has 0 spiro atoms. The molecular formula is C8H16O3S. The number of methoxy groups -OCH3 is 1. The third-order valence-corrected chi connectivity index (χ3v) is 5.23. The summed E-state index contributed by atoms with van der Waals surface area (Å²) in [5.41, 5.74) is 0. The average Bonchev–Trinajstić information content (AvgIpc) is 1.95. The van der Waals surface area contributed by atoms with Crippen molar-refractivity contribution in [3.05, 3.63) is 0 Å². The van der Waals surface area contributed by atoms with Gasteiger partial charge >= 0.3 is 0 Å². The minimum absolute atomic E-state index is 0.114. The zero-order valence-corrected chi connectivity index (χ0v) is 8.65. The van der Waals surface area contributed by atoms with Crippen molar-refractivity contribution in [3.63, 3.8) is 0 Å². The van der Waals surface area contributed by atoms with Gasteiger partial charge in [0.1, 0.15) is 0 Å². The summed E-state index contributed by atoms with van der Waals surface area (Å²) < 4.78 is 27.6. The van der Waals surface area contributed by atoms with Crippen molar-refractivity contribution in [1.29, 1.82) is 0 Å². The van der Waals surface area contributed by atoms with Gasteiger partial charge in [-0.1, -0.05) is 0 Å². The van der Waals surface area contributed by atoms with Crippen LogP contribution in [0.2, 0.25) is 0 Å². The molecule has 4 heteroatoms. The molecule has 0 N–H and O–H groups in total. The maximum Gasteiger partial charge on any atom is 0.155 e. The van der Waals surface area contributed by atoms with Crippen LogP contribution in [0, 0.1) is 0 Å². The Hall–Kier alpha value is -0.0900. The van der Waals surface area contributed by atoms with E-state index < -0.39 is 14.6 Å². The van der Waals surface area contributed by atoms with Crippen LogP contribution in [-0.2, 0) is 14.6 Å². The van der Waals surface area contributed by atoms with E-state index >= 15 is 0 Å². The second-order valence-corrected chi connectivity index (χ2v) is 6.67. The minimum atomic E-state index is -2.88. The van der Waals surface area contributed by atoms with Crippen molar-refractivity contribution in [2.75, 3.05) is 12.9 Å². The lowest BCUT2D eigenvalue weighted by Gasteiger charge is -2.33. The second-order valence-electron chi connectivity index (χ2n) is 3.93. The number of hydrogen-bond acceptors (Lipinski definition) is 3. The van der Waals surface area contributed by atoms with E-state index in [0.29, 0.717) is 12.8 Å². The fourth-order valence-electron chi connectivity index (χ4n) is 1.54. The molecule has 1 fully saturated rings. The van der Waals surface area contributed by atoms with Gasteiger partial charge in [0.05, 0.1) is 16.6 Å². The summed E-state index contributed by atoms with van der Waals surface area (Å²) >= 11 is 0. The summed E-state index contributed by atoms with van der Waals surface area (Å²) in [7, 11) is -1.25. The van der Waals surface area contributed by atoms with Gasteiger partial charge in [-0.15, -0.1) is 0 Å². The van der Waals surface area contributed by atoms with E-state index in [1.165, 1.54) is 0 Å². The monoisotopic (exact) mass is 192 g/mol. The molecule has 72 valence electrons. The zero-order chi connectivity index (χ0) is 9.41. The Morgan fingerprint density at radius 2 is 2.00 bits per heavy atom. The molecule has 1 heterocycles. The lowest BCUT2D eigenvalue weighted by atomic mass is 10.0. The minimum Gasteiger partial charge on any atom is -0.381 e. The molecule has 1 aliphatic heterocycles. The van der Waals surface area contributed by atoms with E-state index in [-0.39, 0.29) is 11.9 Å². The topological polar surface area (TPSA) is 43.4 Å². The molecule has 1 saturated heterocycles. The van der Waals surface area contributed by atoms with Gasteiger partial charge in [0, 0.05) is 7.11 Å². The van der Waals surface area contributed by atoms with Crippen molar-refractivity contribution < 1.29 is 13.2 Å². The van der Waals surface area contributed by atoms with Crippen LogP contribution in [0.4, 0.5) is 0 Å². The van der Waals surface area contributed by atoms with Crippen molar-refractivity contribution >= 4 is 9.84 Å². The van der Waals surface area contributed by atoms with Gasteiger partial charge in [0.25, 0.3) is 0 Å². The molecule has 1 aliphatic rings. The molecule has 12 heavy (non-hydrogen) atoms. The van der Waals surface area contributed by atoms with Crippen LogP contribution in [-0.4, -0.2) is 32.1 Å². The lowest BCUT2D eigenvalue weighted by molar-refractivity contribution is 0.0801. The number of rotatable bonds is 1. The molecule has 0 aromatic rings.